The summed E-state index contributed by atoms with van der Waals surface area (Å²) in [7, 11) is 0. The lowest BCUT2D eigenvalue weighted by atomic mass is 10.1. The number of rotatable bonds is 6. The molecule has 2 amide bonds. The number of benzene rings is 2. The van der Waals surface area contributed by atoms with E-state index in [0.29, 0.717) is 29.7 Å². The molecule has 6 nitrogen and oxygen atoms in total. The van der Waals surface area contributed by atoms with Gasteiger partial charge < -0.3 is 20.1 Å². The largest absolute Gasteiger partial charge is 0.493 e. The van der Waals surface area contributed by atoms with Crippen molar-refractivity contribution in [2.24, 2.45) is 0 Å². The van der Waals surface area contributed by atoms with Crippen LogP contribution in [0.4, 0.5) is 4.79 Å². The molecule has 30 heavy (non-hydrogen) atoms. The van der Waals surface area contributed by atoms with Gasteiger partial charge in [0.1, 0.15) is 5.75 Å². The second-order valence-electron chi connectivity index (χ2n) is 7.58. The van der Waals surface area contributed by atoms with Gasteiger partial charge >= 0.3 is 6.03 Å². The first-order chi connectivity index (χ1) is 14.6. The number of halogens is 2. The molecule has 1 unspecified atom stereocenters. The molecule has 1 atom stereocenters. The summed E-state index contributed by atoms with van der Waals surface area (Å²) in [6, 6.07) is 11.5. The summed E-state index contributed by atoms with van der Waals surface area (Å²) in [4.78, 5) is 14.5. The van der Waals surface area contributed by atoms with Gasteiger partial charge in [-0.3, -0.25) is 4.90 Å². The quantitative estimate of drug-likeness (QED) is 0.706. The number of urea groups is 1. The van der Waals surface area contributed by atoms with Crippen molar-refractivity contribution in [2.75, 3.05) is 32.8 Å². The lowest BCUT2D eigenvalue weighted by molar-refractivity contribution is -0.0287. The van der Waals surface area contributed by atoms with Gasteiger partial charge in [0, 0.05) is 39.1 Å². The first-order valence-corrected chi connectivity index (χ1v) is 10.9. The van der Waals surface area contributed by atoms with Crippen LogP contribution in [0.2, 0.25) is 10.0 Å². The Bertz CT molecular complexity index is 909. The van der Waals surface area contributed by atoms with E-state index in [2.05, 4.69) is 21.6 Å². The third-order valence-corrected chi connectivity index (χ3v) is 6.05. The summed E-state index contributed by atoms with van der Waals surface area (Å²) in [6.07, 6.45) is 0.872. The van der Waals surface area contributed by atoms with E-state index < -0.39 is 0 Å². The van der Waals surface area contributed by atoms with E-state index in [-0.39, 0.29) is 12.1 Å². The van der Waals surface area contributed by atoms with Crippen molar-refractivity contribution < 1.29 is 14.3 Å². The molecule has 0 spiro atoms. The number of carbonyl (C=O) groups is 1. The van der Waals surface area contributed by atoms with Crippen molar-refractivity contribution in [3.8, 4) is 5.75 Å². The van der Waals surface area contributed by atoms with Gasteiger partial charge in [0.05, 0.1) is 29.4 Å². The molecule has 160 valence electrons. The standard InChI is InChI=1S/C22H25Cl2N3O3/c23-19-3-1-16(10-20(19)24)13-27-6-8-29-18(14-27)12-26-22(28)25-11-15-2-4-21-17(9-15)5-7-30-21/h1-4,9-10,18H,5-8,11-14H2,(H2,25,26,28). The normalized spacial score (nSPS) is 18.5. The number of ether oxygens (including phenoxy) is 2. The van der Waals surface area contributed by atoms with Crippen molar-refractivity contribution in [2.45, 2.75) is 25.6 Å². The minimum absolute atomic E-state index is 0.0515. The molecule has 2 aliphatic rings. The van der Waals surface area contributed by atoms with Gasteiger partial charge in [-0.05, 0) is 34.9 Å². The highest BCUT2D eigenvalue weighted by Gasteiger charge is 2.21. The summed E-state index contributed by atoms with van der Waals surface area (Å²) in [5.74, 6) is 0.947. The molecule has 2 aromatic carbocycles. The average Bonchev–Trinajstić information content (AvgIpc) is 3.22. The molecule has 0 bridgehead atoms. The van der Waals surface area contributed by atoms with Crippen LogP contribution in [0.5, 0.6) is 5.75 Å². The fourth-order valence-corrected chi connectivity index (χ4v) is 4.07. The Kier molecular flexibility index (Phi) is 7.00. The second-order valence-corrected chi connectivity index (χ2v) is 8.39. The Morgan fingerprint density at radius 3 is 2.80 bits per heavy atom. The molecule has 1 fully saturated rings. The van der Waals surface area contributed by atoms with Gasteiger partial charge in [0.15, 0.2) is 0 Å². The van der Waals surface area contributed by atoms with Crippen LogP contribution < -0.4 is 15.4 Å². The smallest absolute Gasteiger partial charge is 0.315 e. The second kappa shape index (κ2) is 9.88. The molecule has 1 saturated heterocycles. The number of fused-ring (bicyclic) bond motifs is 1. The Hall–Kier alpha value is -1.99. The van der Waals surface area contributed by atoms with E-state index in [1.165, 1.54) is 5.56 Å². The SMILES string of the molecule is O=C(NCc1ccc2c(c1)CCO2)NCC1CN(Cc2ccc(Cl)c(Cl)c2)CCO1. The molecule has 0 aromatic heterocycles. The predicted octanol–water partition coefficient (Wildman–Crippen LogP) is 3.63. The maximum absolute atomic E-state index is 12.2. The van der Waals surface area contributed by atoms with Gasteiger partial charge in [-0.1, -0.05) is 41.4 Å². The maximum Gasteiger partial charge on any atom is 0.315 e. The van der Waals surface area contributed by atoms with Crippen LogP contribution in [0.25, 0.3) is 0 Å². The molecular formula is C22H25Cl2N3O3. The van der Waals surface area contributed by atoms with E-state index in [9.17, 15) is 4.79 Å². The molecule has 0 aliphatic carbocycles. The number of nitrogens with one attached hydrogen (secondary N) is 2. The van der Waals surface area contributed by atoms with Gasteiger partial charge in [-0.2, -0.15) is 0 Å². The van der Waals surface area contributed by atoms with Gasteiger partial charge in [-0.15, -0.1) is 0 Å². The Morgan fingerprint density at radius 2 is 1.93 bits per heavy atom. The van der Waals surface area contributed by atoms with Gasteiger partial charge in [0.2, 0.25) is 0 Å². The van der Waals surface area contributed by atoms with Gasteiger partial charge in [-0.25, -0.2) is 4.79 Å². The summed E-state index contributed by atoms with van der Waals surface area (Å²) in [5.41, 5.74) is 3.37. The predicted molar refractivity (Wildman–Crippen MR) is 117 cm³/mol. The highest BCUT2D eigenvalue weighted by atomic mass is 35.5. The Morgan fingerprint density at radius 1 is 1.07 bits per heavy atom. The maximum atomic E-state index is 12.2. The number of morpholine rings is 1. The number of hydrogen-bond donors (Lipinski definition) is 2. The molecule has 2 heterocycles. The van der Waals surface area contributed by atoms with Crippen molar-refractivity contribution in [1.82, 2.24) is 15.5 Å². The number of nitrogens with zero attached hydrogens (tertiary/aromatic N) is 1. The molecule has 2 aromatic rings. The van der Waals surface area contributed by atoms with Gasteiger partial charge in [0.25, 0.3) is 0 Å². The van der Waals surface area contributed by atoms with Crippen LogP contribution in [-0.2, 0) is 24.2 Å². The fraction of sp³-hybridized carbons (Fsp3) is 0.409. The Balaban J connectivity index is 1.20. The summed E-state index contributed by atoms with van der Waals surface area (Å²) in [5, 5.41) is 6.94. The number of amides is 2. The monoisotopic (exact) mass is 449 g/mol. The lowest BCUT2D eigenvalue weighted by Gasteiger charge is -2.33. The van der Waals surface area contributed by atoms with Crippen LogP contribution in [0.1, 0.15) is 16.7 Å². The van der Waals surface area contributed by atoms with E-state index in [1.807, 2.05) is 30.3 Å². The molecule has 0 radical (unpaired) electrons. The zero-order valence-corrected chi connectivity index (χ0v) is 18.1. The fourth-order valence-electron chi connectivity index (χ4n) is 3.74. The van der Waals surface area contributed by atoms with Crippen LogP contribution in [0, 0.1) is 0 Å². The van der Waals surface area contributed by atoms with Crippen LogP contribution in [0.15, 0.2) is 36.4 Å². The third-order valence-electron chi connectivity index (χ3n) is 5.31. The van der Waals surface area contributed by atoms with Crippen molar-refractivity contribution in [3.63, 3.8) is 0 Å². The zero-order chi connectivity index (χ0) is 20.9. The summed E-state index contributed by atoms with van der Waals surface area (Å²) < 4.78 is 11.3. The number of hydrogen-bond acceptors (Lipinski definition) is 4. The molecule has 2 aliphatic heterocycles. The third kappa shape index (κ3) is 5.58. The molecule has 0 saturated carbocycles. The zero-order valence-electron chi connectivity index (χ0n) is 16.6. The first kappa shape index (κ1) is 21.2. The lowest BCUT2D eigenvalue weighted by Crippen LogP contribution is -2.48. The van der Waals surface area contributed by atoms with E-state index >= 15 is 0 Å². The highest BCUT2D eigenvalue weighted by molar-refractivity contribution is 6.42. The topological polar surface area (TPSA) is 62.8 Å². The minimum Gasteiger partial charge on any atom is -0.493 e. The summed E-state index contributed by atoms with van der Waals surface area (Å²) in [6.45, 7) is 4.65. The van der Waals surface area contributed by atoms with E-state index in [0.717, 1.165) is 49.5 Å². The molecule has 2 N–H and O–H groups in total. The Labute approximate surface area is 186 Å². The number of carbonyl (C=O) groups excluding carboxylic acids is 1. The molecular weight excluding hydrogens is 425 g/mol. The molecule has 4 rings (SSSR count). The van der Waals surface area contributed by atoms with E-state index in [1.54, 1.807) is 0 Å². The van der Waals surface area contributed by atoms with Crippen LogP contribution >= 0.6 is 23.2 Å². The van der Waals surface area contributed by atoms with E-state index in [4.69, 9.17) is 32.7 Å². The van der Waals surface area contributed by atoms with Crippen molar-refractivity contribution in [1.29, 1.82) is 0 Å². The van der Waals surface area contributed by atoms with Crippen molar-refractivity contribution in [3.05, 3.63) is 63.1 Å². The summed E-state index contributed by atoms with van der Waals surface area (Å²) >= 11 is 12.1. The minimum atomic E-state index is -0.197. The first-order valence-electron chi connectivity index (χ1n) is 10.1. The van der Waals surface area contributed by atoms with Crippen molar-refractivity contribution >= 4 is 29.2 Å². The average molecular weight is 450 g/mol. The van der Waals surface area contributed by atoms with Crippen LogP contribution in [-0.4, -0.2) is 49.9 Å². The highest BCUT2D eigenvalue weighted by Crippen LogP contribution is 2.26. The molecule has 8 heteroatoms. The van der Waals surface area contributed by atoms with Crippen LogP contribution in [0.3, 0.4) is 0 Å².